The number of rotatable bonds is 6. The molecule has 146 valence electrons. The van der Waals surface area contributed by atoms with E-state index < -0.39 is 5.97 Å². The van der Waals surface area contributed by atoms with Gasteiger partial charge < -0.3 is 18.9 Å². The Morgan fingerprint density at radius 1 is 1.21 bits per heavy atom. The normalized spacial score (nSPS) is 14.0. The summed E-state index contributed by atoms with van der Waals surface area (Å²) < 4.78 is 22.3. The van der Waals surface area contributed by atoms with Crippen molar-refractivity contribution in [3.63, 3.8) is 0 Å². The Balaban J connectivity index is 1.78. The molecule has 0 atom stereocenters. The van der Waals surface area contributed by atoms with Gasteiger partial charge >= 0.3 is 5.97 Å². The zero-order chi connectivity index (χ0) is 20.3. The second-order valence-electron chi connectivity index (χ2n) is 6.31. The number of carbonyl (C=O) groups excluding carboxylic acids is 2. The molecule has 0 aromatic heterocycles. The molecule has 2 aromatic carbocycles. The van der Waals surface area contributed by atoms with Crippen molar-refractivity contribution in [1.29, 1.82) is 0 Å². The highest BCUT2D eigenvalue weighted by atomic mass is 79.9. The van der Waals surface area contributed by atoms with Gasteiger partial charge in [-0.15, -0.1) is 0 Å². The van der Waals surface area contributed by atoms with E-state index in [0.29, 0.717) is 28.4 Å². The molecular weight excluding hydrogens is 428 g/mol. The SMILES string of the molecule is COc1ccc(Br)cc1C=C1Oc2cc(OCC(=O)OC(C)C)ccc2C1=O. The van der Waals surface area contributed by atoms with Gasteiger partial charge in [0.1, 0.15) is 17.2 Å². The lowest BCUT2D eigenvalue weighted by Gasteiger charge is -2.09. The Morgan fingerprint density at radius 3 is 2.71 bits per heavy atom. The molecule has 0 radical (unpaired) electrons. The molecule has 1 aliphatic rings. The zero-order valence-electron chi connectivity index (χ0n) is 15.7. The molecule has 2 aromatic rings. The summed E-state index contributed by atoms with van der Waals surface area (Å²) in [5, 5.41) is 0. The summed E-state index contributed by atoms with van der Waals surface area (Å²) >= 11 is 3.41. The molecule has 3 rings (SSSR count). The van der Waals surface area contributed by atoms with Gasteiger partial charge in [-0.25, -0.2) is 4.79 Å². The average molecular weight is 447 g/mol. The number of hydrogen-bond acceptors (Lipinski definition) is 6. The quantitative estimate of drug-likeness (QED) is 0.483. The van der Waals surface area contributed by atoms with E-state index >= 15 is 0 Å². The number of allylic oxidation sites excluding steroid dienone is 1. The predicted octanol–water partition coefficient (Wildman–Crippen LogP) is 4.40. The first-order valence-corrected chi connectivity index (χ1v) is 9.41. The number of benzene rings is 2. The first-order chi connectivity index (χ1) is 13.4. The maximum atomic E-state index is 12.6. The third kappa shape index (κ3) is 4.54. The molecule has 0 amide bonds. The smallest absolute Gasteiger partial charge is 0.344 e. The van der Waals surface area contributed by atoms with Gasteiger partial charge in [-0.2, -0.15) is 0 Å². The van der Waals surface area contributed by atoms with Crippen LogP contribution in [-0.4, -0.2) is 31.6 Å². The molecule has 28 heavy (non-hydrogen) atoms. The minimum absolute atomic E-state index is 0.183. The van der Waals surface area contributed by atoms with Gasteiger partial charge in [0.2, 0.25) is 5.78 Å². The molecule has 6 nitrogen and oxygen atoms in total. The number of esters is 1. The summed E-state index contributed by atoms with van der Waals surface area (Å²) in [5.41, 5.74) is 1.14. The molecule has 0 saturated heterocycles. The number of ketones is 1. The Bertz CT molecular complexity index is 948. The van der Waals surface area contributed by atoms with E-state index in [1.54, 1.807) is 51.3 Å². The molecule has 0 aliphatic carbocycles. The van der Waals surface area contributed by atoms with E-state index in [4.69, 9.17) is 18.9 Å². The zero-order valence-corrected chi connectivity index (χ0v) is 17.2. The van der Waals surface area contributed by atoms with Crippen LogP contribution >= 0.6 is 15.9 Å². The maximum absolute atomic E-state index is 12.6. The molecule has 0 spiro atoms. The molecule has 0 fully saturated rings. The molecule has 0 bridgehead atoms. The number of halogens is 1. The van der Waals surface area contributed by atoms with Gasteiger partial charge in [0.15, 0.2) is 12.4 Å². The van der Waals surface area contributed by atoms with E-state index in [0.717, 1.165) is 4.47 Å². The number of fused-ring (bicyclic) bond motifs is 1. The van der Waals surface area contributed by atoms with Gasteiger partial charge in [0.05, 0.1) is 18.8 Å². The third-order valence-corrected chi connectivity index (χ3v) is 4.34. The fraction of sp³-hybridized carbons (Fsp3) is 0.238. The van der Waals surface area contributed by atoms with Gasteiger partial charge in [-0.3, -0.25) is 4.79 Å². The fourth-order valence-electron chi connectivity index (χ4n) is 2.66. The van der Waals surface area contributed by atoms with Crippen LogP contribution in [0.5, 0.6) is 17.2 Å². The van der Waals surface area contributed by atoms with Crippen molar-refractivity contribution in [2.45, 2.75) is 20.0 Å². The van der Waals surface area contributed by atoms with Crippen molar-refractivity contribution in [2.24, 2.45) is 0 Å². The predicted molar refractivity (Wildman–Crippen MR) is 107 cm³/mol. The van der Waals surface area contributed by atoms with E-state index in [2.05, 4.69) is 15.9 Å². The topological polar surface area (TPSA) is 71.1 Å². The van der Waals surface area contributed by atoms with E-state index in [1.165, 1.54) is 0 Å². The van der Waals surface area contributed by atoms with Crippen LogP contribution in [0.1, 0.15) is 29.8 Å². The van der Waals surface area contributed by atoms with Gasteiger partial charge in [-0.05, 0) is 50.3 Å². The maximum Gasteiger partial charge on any atom is 0.344 e. The lowest BCUT2D eigenvalue weighted by molar-refractivity contribution is -0.149. The van der Waals surface area contributed by atoms with Crippen molar-refractivity contribution < 1.29 is 28.5 Å². The van der Waals surface area contributed by atoms with Crippen molar-refractivity contribution in [1.82, 2.24) is 0 Å². The molecule has 7 heteroatoms. The molecule has 1 aliphatic heterocycles. The Morgan fingerprint density at radius 2 is 2.00 bits per heavy atom. The monoisotopic (exact) mass is 446 g/mol. The second-order valence-corrected chi connectivity index (χ2v) is 7.23. The summed E-state index contributed by atoms with van der Waals surface area (Å²) in [6.45, 7) is 3.31. The van der Waals surface area contributed by atoms with Crippen LogP contribution in [0.2, 0.25) is 0 Å². The number of carbonyl (C=O) groups is 2. The molecule has 0 N–H and O–H groups in total. The summed E-state index contributed by atoms with van der Waals surface area (Å²) in [7, 11) is 1.56. The summed E-state index contributed by atoms with van der Waals surface area (Å²) in [6.07, 6.45) is 1.42. The van der Waals surface area contributed by atoms with Crippen LogP contribution in [-0.2, 0) is 9.53 Å². The van der Waals surface area contributed by atoms with Crippen LogP contribution in [0.15, 0.2) is 46.6 Å². The van der Waals surface area contributed by atoms with Gasteiger partial charge in [0.25, 0.3) is 0 Å². The van der Waals surface area contributed by atoms with Crippen molar-refractivity contribution in [3.05, 3.63) is 57.8 Å². The summed E-state index contributed by atoms with van der Waals surface area (Å²) in [6, 6.07) is 10.3. The minimum Gasteiger partial charge on any atom is -0.496 e. The molecular formula is C21H19BrO6. The number of hydrogen-bond donors (Lipinski definition) is 0. The number of ether oxygens (including phenoxy) is 4. The van der Waals surface area contributed by atoms with Crippen molar-refractivity contribution in [3.8, 4) is 17.2 Å². The summed E-state index contributed by atoms with van der Waals surface area (Å²) in [4.78, 5) is 24.2. The molecule has 1 heterocycles. The number of methoxy groups -OCH3 is 1. The average Bonchev–Trinajstić information content (AvgIpc) is 2.95. The fourth-order valence-corrected chi connectivity index (χ4v) is 3.03. The van der Waals surface area contributed by atoms with E-state index in [9.17, 15) is 9.59 Å². The second kappa shape index (κ2) is 8.48. The largest absolute Gasteiger partial charge is 0.496 e. The molecule has 0 unspecified atom stereocenters. The van der Waals surface area contributed by atoms with Gasteiger partial charge in [0, 0.05) is 16.1 Å². The van der Waals surface area contributed by atoms with E-state index in [1.807, 2.05) is 12.1 Å². The van der Waals surface area contributed by atoms with Crippen LogP contribution in [0, 0.1) is 0 Å². The Kier molecular flexibility index (Phi) is 6.04. The van der Waals surface area contributed by atoms with Crippen molar-refractivity contribution >= 4 is 33.8 Å². The third-order valence-electron chi connectivity index (χ3n) is 3.84. The minimum atomic E-state index is -0.463. The highest BCUT2D eigenvalue weighted by Crippen LogP contribution is 2.36. The lowest BCUT2D eigenvalue weighted by atomic mass is 10.1. The van der Waals surface area contributed by atoms with E-state index in [-0.39, 0.29) is 24.3 Å². The van der Waals surface area contributed by atoms with Crippen LogP contribution < -0.4 is 14.2 Å². The molecule has 0 saturated carbocycles. The first kappa shape index (κ1) is 19.9. The number of Topliss-reactive ketones (excluding diaryl/α,β-unsaturated/α-hetero) is 1. The van der Waals surface area contributed by atoms with Crippen LogP contribution in [0.4, 0.5) is 0 Å². The lowest BCUT2D eigenvalue weighted by Crippen LogP contribution is -2.18. The first-order valence-electron chi connectivity index (χ1n) is 8.61. The van der Waals surface area contributed by atoms with Crippen molar-refractivity contribution in [2.75, 3.05) is 13.7 Å². The van der Waals surface area contributed by atoms with Crippen LogP contribution in [0.3, 0.4) is 0 Å². The standard InChI is InChI=1S/C21H19BrO6/c1-12(2)27-20(23)11-26-15-5-6-16-18(10-15)28-19(21(16)24)9-13-8-14(22)4-7-17(13)25-3/h4-10,12H,11H2,1-3H3. The highest BCUT2D eigenvalue weighted by molar-refractivity contribution is 9.10. The Hall–Kier alpha value is -2.80. The Labute approximate surface area is 171 Å². The van der Waals surface area contributed by atoms with Gasteiger partial charge in [-0.1, -0.05) is 15.9 Å². The summed E-state index contributed by atoms with van der Waals surface area (Å²) in [5.74, 6) is 0.893. The van der Waals surface area contributed by atoms with Crippen LogP contribution in [0.25, 0.3) is 6.08 Å². The highest BCUT2D eigenvalue weighted by Gasteiger charge is 2.28.